The number of hydrogen-bond acceptors (Lipinski definition) is 1. The van der Waals surface area contributed by atoms with Crippen molar-refractivity contribution in [2.24, 2.45) is 11.8 Å². The molecule has 1 aliphatic carbocycles. The van der Waals surface area contributed by atoms with Crippen molar-refractivity contribution < 1.29 is 4.74 Å². The van der Waals surface area contributed by atoms with Gasteiger partial charge in [-0.15, -0.1) is 0 Å². The fraction of sp³-hybridized carbons (Fsp3) is 0.467. The number of rotatable bonds is 4. The zero-order valence-corrected chi connectivity index (χ0v) is 10.1. The van der Waals surface area contributed by atoms with E-state index in [0.29, 0.717) is 5.92 Å². The van der Waals surface area contributed by atoms with E-state index in [1.54, 1.807) is 0 Å². The summed E-state index contributed by atoms with van der Waals surface area (Å²) in [5, 5.41) is 0. The van der Waals surface area contributed by atoms with Crippen molar-refractivity contribution in [1.29, 1.82) is 0 Å². The summed E-state index contributed by atoms with van der Waals surface area (Å²) in [6, 6.07) is 10.4. The Bertz CT molecular complexity index is 353. The van der Waals surface area contributed by atoms with Crippen molar-refractivity contribution in [3.63, 3.8) is 0 Å². The predicted molar refractivity (Wildman–Crippen MR) is 67.1 cm³/mol. The van der Waals surface area contributed by atoms with Crippen LogP contribution in [0.4, 0.5) is 0 Å². The van der Waals surface area contributed by atoms with Gasteiger partial charge in [0.2, 0.25) is 0 Å². The maximum atomic E-state index is 5.80. The van der Waals surface area contributed by atoms with E-state index in [-0.39, 0.29) is 0 Å². The molecule has 0 spiro atoms. The molecule has 16 heavy (non-hydrogen) atoms. The summed E-state index contributed by atoms with van der Waals surface area (Å²) in [7, 11) is 0. The molecule has 1 heteroatoms. The van der Waals surface area contributed by atoms with Gasteiger partial charge in [0.15, 0.2) is 0 Å². The molecule has 0 aliphatic heterocycles. The van der Waals surface area contributed by atoms with Crippen LogP contribution >= 0.6 is 0 Å². The van der Waals surface area contributed by atoms with E-state index in [1.165, 1.54) is 17.6 Å². The first-order valence-electron chi connectivity index (χ1n) is 6.05. The fourth-order valence-electron chi connectivity index (χ4n) is 2.31. The van der Waals surface area contributed by atoms with Gasteiger partial charge in [0.25, 0.3) is 0 Å². The molecule has 2 unspecified atom stereocenters. The molecular formula is C15H20O. The summed E-state index contributed by atoms with van der Waals surface area (Å²) in [6.07, 6.45) is 3.56. The lowest BCUT2D eigenvalue weighted by atomic mass is 9.94. The Morgan fingerprint density at radius 3 is 2.62 bits per heavy atom. The third-order valence-electron chi connectivity index (χ3n) is 3.49. The minimum absolute atomic E-state index is 0.628. The lowest BCUT2D eigenvalue weighted by Gasteiger charge is -2.18. The van der Waals surface area contributed by atoms with Crippen molar-refractivity contribution in [3.05, 3.63) is 47.5 Å². The van der Waals surface area contributed by atoms with Crippen LogP contribution in [-0.2, 0) is 11.3 Å². The Balaban J connectivity index is 1.78. The molecule has 0 aromatic heterocycles. The van der Waals surface area contributed by atoms with Gasteiger partial charge in [-0.3, -0.25) is 0 Å². The number of hydrogen-bond donors (Lipinski definition) is 0. The highest BCUT2D eigenvalue weighted by Gasteiger charge is 2.23. The van der Waals surface area contributed by atoms with Crippen LogP contribution in [0.5, 0.6) is 0 Å². The average Bonchev–Trinajstić information content (AvgIpc) is 2.62. The summed E-state index contributed by atoms with van der Waals surface area (Å²) in [6.45, 7) is 6.12. The van der Waals surface area contributed by atoms with Crippen molar-refractivity contribution in [2.45, 2.75) is 26.9 Å². The molecule has 0 bridgehead atoms. The summed E-state index contributed by atoms with van der Waals surface area (Å²) in [5.74, 6) is 1.37. The molecule has 1 aromatic rings. The van der Waals surface area contributed by atoms with Crippen LogP contribution in [-0.4, -0.2) is 6.61 Å². The van der Waals surface area contributed by atoms with Gasteiger partial charge in [0.05, 0.1) is 13.2 Å². The highest BCUT2D eigenvalue weighted by atomic mass is 16.5. The van der Waals surface area contributed by atoms with Crippen LogP contribution < -0.4 is 0 Å². The lowest BCUT2D eigenvalue weighted by Crippen LogP contribution is -2.14. The van der Waals surface area contributed by atoms with Gasteiger partial charge in [-0.05, 0) is 24.8 Å². The fourth-order valence-corrected chi connectivity index (χ4v) is 2.31. The van der Waals surface area contributed by atoms with E-state index in [2.05, 4.69) is 44.2 Å². The van der Waals surface area contributed by atoms with Crippen LogP contribution in [0, 0.1) is 11.8 Å². The Morgan fingerprint density at radius 2 is 2.00 bits per heavy atom. The maximum absolute atomic E-state index is 5.80. The summed E-state index contributed by atoms with van der Waals surface area (Å²) in [5.41, 5.74) is 2.76. The molecule has 0 heterocycles. The van der Waals surface area contributed by atoms with Crippen molar-refractivity contribution in [3.8, 4) is 0 Å². The Labute approximate surface area is 98.1 Å². The van der Waals surface area contributed by atoms with Crippen molar-refractivity contribution in [1.82, 2.24) is 0 Å². The third-order valence-corrected chi connectivity index (χ3v) is 3.49. The summed E-state index contributed by atoms with van der Waals surface area (Å²) >= 11 is 0. The highest BCUT2D eigenvalue weighted by molar-refractivity contribution is 5.14. The first-order valence-corrected chi connectivity index (χ1v) is 6.05. The van der Waals surface area contributed by atoms with Crippen LogP contribution in [0.15, 0.2) is 42.0 Å². The Hall–Kier alpha value is -1.08. The number of ether oxygens (including phenoxy) is 1. The minimum Gasteiger partial charge on any atom is -0.376 e. The highest BCUT2D eigenvalue weighted by Crippen LogP contribution is 2.31. The van der Waals surface area contributed by atoms with Crippen LogP contribution in [0.2, 0.25) is 0 Å². The smallest absolute Gasteiger partial charge is 0.0717 e. The second kappa shape index (κ2) is 5.31. The summed E-state index contributed by atoms with van der Waals surface area (Å²) < 4.78 is 5.80. The van der Waals surface area contributed by atoms with Crippen molar-refractivity contribution >= 4 is 0 Å². The summed E-state index contributed by atoms with van der Waals surface area (Å²) in [4.78, 5) is 0. The lowest BCUT2D eigenvalue weighted by molar-refractivity contribution is 0.0850. The van der Waals surface area contributed by atoms with Crippen LogP contribution in [0.1, 0.15) is 25.8 Å². The Kier molecular flexibility index (Phi) is 3.79. The molecule has 1 nitrogen and oxygen atoms in total. The van der Waals surface area contributed by atoms with Gasteiger partial charge < -0.3 is 4.74 Å². The number of benzene rings is 1. The van der Waals surface area contributed by atoms with Gasteiger partial charge in [0.1, 0.15) is 0 Å². The molecule has 1 aliphatic rings. The molecule has 0 fully saturated rings. The molecule has 2 atom stereocenters. The van der Waals surface area contributed by atoms with E-state index in [4.69, 9.17) is 4.74 Å². The van der Waals surface area contributed by atoms with E-state index in [0.717, 1.165) is 19.1 Å². The topological polar surface area (TPSA) is 9.23 Å². The molecule has 0 radical (unpaired) electrons. The molecule has 2 rings (SSSR count). The third kappa shape index (κ3) is 2.73. The molecule has 0 N–H and O–H groups in total. The zero-order chi connectivity index (χ0) is 11.4. The molecule has 0 saturated heterocycles. The average molecular weight is 216 g/mol. The minimum atomic E-state index is 0.628. The standard InChI is InChI=1S/C15H20O/c1-12-8-9-13(2)15(12)11-16-10-14-6-4-3-5-7-14/h3-8,13,15H,9-11H2,1-2H3. The van der Waals surface area contributed by atoms with Gasteiger partial charge in [-0.1, -0.05) is 48.9 Å². The zero-order valence-electron chi connectivity index (χ0n) is 10.1. The van der Waals surface area contributed by atoms with Gasteiger partial charge in [-0.2, -0.15) is 0 Å². The van der Waals surface area contributed by atoms with Gasteiger partial charge in [0, 0.05) is 5.92 Å². The van der Waals surface area contributed by atoms with Crippen LogP contribution in [0.3, 0.4) is 0 Å². The quantitative estimate of drug-likeness (QED) is 0.695. The first kappa shape index (κ1) is 11.4. The number of allylic oxidation sites excluding steroid dienone is 1. The maximum Gasteiger partial charge on any atom is 0.0717 e. The molecule has 86 valence electrons. The Morgan fingerprint density at radius 1 is 1.25 bits per heavy atom. The second-order valence-corrected chi connectivity index (χ2v) is 4.77. The molecule has 0 amide bonds. The first-order chi connectivity index (χ1) is 7.77. The molecular weight excluding hydrogens is 196 g/mol. The van der Waals surface area contributed by atoms with E-state index in [1.807, 2.05) is 6.07 Å². The predicted octanol–water partition coefficient (Wildman–Crippen LogP) is 3.81. The monoisotopic (exact) mass is 216 g/mol. The van der Waals surface area contributed by atoms with E-state index >= 15 is 0 Å². The normalized spacial score (nSPS) is 24.5. The van der Waals surface area contributed by atoms with E-state index in [9.17, 15) is 0 Å². The SMILES string of the molecule is CC1=CCC(C)C1COCc1ccccc1. The molecule has 1 aromatic carbocycles. The van der Waals surface area contributed by atoms with Gasteiger partial charge in [-0.25, -0.2) is 0 Å². The van der Waals surface area contributed by atoms with E-state index < -0.39 is 0 Å². The molecule has 0 saturated carbocycles. The van der Waals surface area contributed by atoms with Crippen molar-refractivity contribution in [2.75, 3.05) is 6.61 Å². The largest absolute Gasteiger partial charge is 0.376 e. The van der Waals surface area contributed by atoms with Gasteiger partial charge >= 0.3 is 0 Å². The van der Waals surface area contributed by atoms with Crippen LogP contribution in [0.25, 0.3) is 0 Å². The second-order valence-electron chi connectivity index (χ2n) is 4.77.